The zero-order chi connectivity index (χ0) is 24.1. The molecule has 0 spiro atoms. The predicted octanol–water partition coefficient (Wildman–Crippen LogP) is 3.31. The second kappa shape index (κ2) is 16.3. The van der Waals surface area contributed by atoms with Crippen molar-refractivity contribution >= 4 is 23.4 Å². The zero-order valence-electron chi connectivity index (χ0n) is 16.9. The number of hydrogen-bond acceptors (Lipinski definition) is 4. The number of benzene rings is 1. The predicted molar refractivity (Wildman–Crippen MR) is 97.4 cm³/mol. The topological polar surface area (TPSA) is 112 Å². The van der Waals surface area contributed by atoms with Crippen molar-refractivity contribution in [1.29, 1.82) is 0 Å². The summed E-state index contributed by atoms with van der Waals surface area (Å²) in [6.45, 7) is 21.3. The maximum Gasteiger partial charge on any atom is 0 e. The summed E-state index contributed by atoms with van der Waals surface area (Å²) >= 11 is 0. The van der Waals surface area contributed by atoms with E-state index in [9.17, 15) is 21.6 Å². The summed E-state index contributed by atoms with van der Waals surface area (Å²) in [6.07, 6.45) is 1.00. The van der Waals surface area contributed by atoms with Gasteiger partial charge in [-0.2, -0.15) is 21.6 Å². The maximum absolute atomic E-state index is 12.6. The monoisotopic (exact) mass is 506 g/mol. The number of halogens is 3. The Bertz CT molecular complexity index is 784. The van der Waals surface area contributed by atoms with E-state index in [0.717, 1.165) is 0 Å². The summed E-state index contributed by atoms with van der Waals surface area (Å²) in [5, 5.41) is 0.701. The SMILES string of the molecule is CCCc1cc(OC)c([Si](C)(C)C)cc1OS(=O)(=O)C(F)(F)F.[C-]#[O+].[C-]#[O+].[C-]#[O+].[Cr]. The van der Waals surface area contributed by atoms with Gasteiger partial charge in [0, 0.05) is 17.4 Å². The van der Waals surface area contributed by atoms with Gasteiger partial charge in [-0.25, -0.2) is 0 Å². The third-order valence-corrected chi connectivity index (χ3v) is 6.17. The number of ether oxygens (including phenoxy) is 1. The normalized spacial score (nSPS) is 10.2. The molecule has 13 heteroatoms. The van der Waals surface area contributed by atoms with Crippen LogP contribution in [-0.2, 0) is 47.9 Å². The van der Waals surface area contributed by atoms with Crippen LogP contribution in [0.15, 0.2) is 12.1 Å². The molecule has 0 saturated carbocycles. The molecule has 0 saturated heterocycles. The van der Waals surface area contributed by atoms with Crippen LogP contribution < -0.4 is 14.1 Å². The molecule has 30 heavy (non-hydrogen) atoms. The number of alkyl halides is 3. The summed E-state index contributed by atoms with van der Waals surface area (Å²) in [6, 6.07) is 2.94. The molecular weight excluding hydrogens is 485 g/mol. The van der Waals surface area contributed by atoms with Crippen molar-refractivity contribution in [2.24, 2.45) is 0 Å². The Morgan fingerprint density at radius 3 is 1.73 bits per heavy atom. The molecule has 0 heterocycles. The van der Waals surface area contributed by atoms with Gasteiger partial charge in [0.1, 0.15) is 11.5 Å². The molecule has 168 valence electrons. The van der Waals surface area contributed by atoms with Gasteiger partial charge in [-0.3, -0.25) is 0 Å². The van der Waals surface area contributed by atoms with E-state index in [-0.39, 0.29) is 23.1 Å². The molecule has 1 aromatic carbocycles. The van der Waals surface area contributed by atoms with E-state index in [1.54, 1.807) is 6.07 Å². The van der Waals surface area contributed by atoms with E-state index >= 15 is 0 Å². The van der Waals surface area contributed by atoms with Gasteiger partial charge in [-0.15, -0.1) is 0 Å². The third-order valence-electron chi connectivity index (χ3n) is 3.19. The minimum Gasteiger partial charge on any atom is 0 e. The quantitative estimate of drug-likeness (QED) is 0.194. The van der Waals surface area contributed by atoms with Gasteiger partial charge >= 0.3 is 49.5 Å². The third kappa shape index (κ3) is 11.1. The average molecular weight is 506 g/mol. The van der Waals surface area contributed by atoms with Gasteiger partial charge < -0.3 is 8.92 Å². The van der Waals surface area contributed by atoms with E-state index < -0.39 is 23.7 Å². The first-order valence-electron chi connectivity index (χ1n) is 7.67. The summed E-state index contributed by atoms with van der Waals surface area (Å²) in [5.41, 5.74) is -5.09. The van der Waals surface area contributed by atoms with Crippen LogP contribution in [0.25, 0.3) is 0 Å². The second-order valence-corrected chi connectivity index (χ2v) is 12.7. The fraction of sp³-hybridized carbons (Fsp3) is 0.471. The molecule has 0 bridgehead atoms. The van der Waals surface area contributed by atoms with Crippen LogP contribution in [0.4, 0.5) is 13.2 Å². The molecule has 1 aromatic rings. The van der Waals surface area contributed by atoms with Crippen molar-refractivity contribution in [2.75, 3.05) is 7.11 Å². The Morgan fingerprint density at radius 2 is 1.43 bits per heavy atom. The molecule has 0 amide bonds. The number of rotatable bonds is 6. The molecule has 1 rings (SSSR count). The Balaban J connectivity index is -0.000000441. The summed E-state index contributed by atoms with van der Waals surface area (Å²) in [4.78, 5) is 0. The van der Waals surface area contributed by atoms with Gasteiger partial charge in [0.05, 0.1) is 15.2 Å². The number of aryl methyl sites for hydroxylation is 1. The van der Waals surface area contributed by atoms with Gasteiger partial charge in [0.25, 0.3) is 0 Å². The fourth-order valence-corrected chi connectivity index (χ4v) is 4.03. The van der Waals surface area contributed by atoms with Crippen LogP contribution in [0.2, 0.25) is 19.6 Å². The van der Waals surface area contributed by atoms with E-state index in [0.29, 0.717) is 29.3 Å². The zero-order valence-corrected chi connectivity index (χ0v) is 20.0. The van der Waals surface area contributed by atoms with Gasteiger partial charge in [0.2, 0.25) is 0 Å². The fourth-order valence-electron chi connectivity index (χ4n) is 2.06. The first-order chi connectivity index (χ1) is 13.3. The van der Waals surface area contributed by atoms with Crippen LogP contribution >= 0.6 is 0 Å². The van der Waals surface area contributed by atoms with E-state index in [1.807, 2.05) is 26.6 Å². The summed E-state index contributed by atoms with van der Waals surface area (Å²) in [7, 11) is -6.20. The Hall–Kier alpha value is -1.47. The van der Waals surface area contributed by atoms with E-state index in [4.69, 9.17) is 18.7 Å². The first kappa shape index (κ1) is 35.9. The second-order valence-electron chi connectivity index (χ2n) is 6.14. The summed E-state index contributed by atoms with van der Waals surface area (Å²) in [5.74, 6) is 0.270. The smallest absolute Gasteiger partial charge is 0 e. The molecule has 0 atom stereocenters. The standard InChI is InChI=1S/C14H21F3O4SSi.3CO.Cr/c1-6-7-10-8-12(20-2)13(23(3,4)5)9-11(10)21-22(18,19)14(15,16)17;3*1-2;/h8-9H,6-7H2,1-5H3;;;;. The van der Waals surface area contributed by atoms with Crippen LogP contribution in [0.5, 0.6) is 11.5 Å². The molecule has 0 radical (unpaired) electrons. The van der Waals surface area contributed by atoms with Crippen molar-refractivity contribution < 1.29 is 61.8 Å². The molecule has 0 unspecified atom stereocenters. The molecule has 0 aliphatic rings. The minimum absolute atomic E-state index is 0. The molecule has 0 aliphatic carbocycles. The van der Waals surface area contributed by atoms with E-state index in [1.165, 1.54) is 13.2 Å². The Morgan fingerprint density at radius 1 is 1.00 bits per heavy atom. The van der Waals surface area contributed by atoms with Gasteiger partial charge in [0.15, 0.2) is 0 Å². The number of hydrogen-bond donors (Lipinski definition) is 0. The van der Waals surface area contributed by atoms with Crippen molar-refractivity contribution in [3.63, 3.8) is 0 Å². The number of methoxy groups -OCH3 is 1. The van der Waals surface area contributed by atoms with Crippen LogP contribution in [0.1, 0.15) is 18.9 Å². The Labute approximate surface area is 186 Å². The van der Waals surface area contributed by atoms with Crippen LogP contribution in [0.3, 0.4) is 0 Å². The molecule has 0 fully saturated rings. The molecule has 0 aliphatic heterocycles. The average Bonchev–Trinajstić information content (AvgIpc) is 2.66. The first-order valence-corrected chi connectivity index (χ1v) is 12.6. The van der Waals surface area contributed by atoms with Crippen molar-refractivity contribution in [1.82, 2.24) is 0 Å². The molecule has 0 aromatic heterocycles. The summed E-state index contributed by atoms with van der Waals surface area (Å²) < 4.78 is 92.6. The maximum atomic E-state index is 12.6. The van der Waals surface area contributed by atoms with Crippen LogP contribution in [-0.4, -0.2) is 29.1 Å². The van der Waals surface area contributed by atoms with Crippen molar-refractivity contribution in [2.45, 2.75) is 44.9 Å². The molecular formula is C17H21CrF3O7SSi. The van der Waals surface area contributed by atoms with Crippen LogP contribution in [0, 0.1) is 20.0 Å². The van der Waals surface area contributed by atoms with Crippen molar-refractivity contribution in [3.8, 4) is 11.5 Å². The molecule has 0 N–H and O–H groups in total. The molecule has 7 nitrogen and oxygen atoms in total. The van der Waals surface area contributed by atoms with Crippen molar-refractivity contribution in [3.05, 3.63) is 37.6 Å². The van der Waals surface area contributed by atoms with E-state index in [2.05, 4.69) is 24.1 Å². The Kier molecular flexibility index (Phi) is 19.5. The van der Waals surface area contributed by atoms with Gasteiger partial charge in [-0.1, -0.05) is 33.0 Å². The minimum atomic E-state index is -5.70. The van der Waals surface area contributed by atoms with Gasteiger partial charge in [-0.05, 0) is 29.3 Å². The largest absolute Gasteiger partial charge is 0 e.